The molecule has 3 nitrogen and oxygen atoms in total. The minimum Gasteiger partial charge on any atom is -0.393 e. The first-order chi connectivity index (χ1) is 7.08. The van der Waals surface area contributed by atoms with Crippen LogP contribution in [0.1, 0.15) is 36.2 Å². The Labute approximate surface area is 91.1 Å². The molecule has 1 aromatic rings. The van der Waals surface area contributed by atoms with Crippen molar-refractivity contribution in [1.82, 2.24) is 9.78 Å². The summed E-state index contributed by atoms with van der Waals surface area (Å²) >= 11 is 0. The van der Waals surface area contributed by atoms with Crippen LogP contribution in [0.4, 0.5) is 0 Å². The fourth-order valence-corrected chi connectivity index (χ4v) is 2.64. The summed E-state index contributed by atoms with van der Waals surface area (Å²) in [6.07, 6.45) is 4.13. The minimum absolute atomic E-state index is 0.0627. The monoisotopic (exact) mass is 208 g/mol. The van der Waals surface area contributed by atoms with Crippen LogP contribution in [0.15, 0.2) is 0 Å². The summed E-state index contributed by atoms with van der Waals surface area (Å²) < 4.78 is 1.95. The van der Waals surface area contributed by atoms with E-state index in [1.165, 1.54) is 11.3 Å². The van der Waals surface area contributed by atoms with Gasteiger partial charge in [-0.15, -0.1) is 0 Å². The van der Waals surface area contributed by atoms with Crippen molar-refractivity contribution in [2.24, 2.45) is 13.0 Å². The summed E-state index contributed by atoms with van der Waals surface area (Å²) in [5.41, 5.74) is 3.81. The highest BCUT2D eigenvalue weighted by Crippen LogP contribution is 2.30. The van der Waals surface area contributed by atoms with Gasteiger partial charge in [-0.1, -0.05) is 0 Å². The van der Waals surface area contributed by atoms with Crippen molar-refractivity contribution in [1.29, 1.82) is 0 Å². The summed E-state index contributed by atoms with van der Waals surface area (Å²) in [5.74, 6) is 0.654. The largest absolute Gasteiger partial charge is 0.393 e. The zero-order valence-corrected chi connectivity index (χ0v) is 9.82. The summed E-state index contributed by atoms with van der Waals surface area (Å²) in [6, 6.07) is 0. The van der Waals surface area contributed by atoms with Gasteiger partial charge in [0, 0.05) is 12.7 Å². The molecule has 0 bridgehead atoms. The lowest BCUT2D eigenvalue weighted by Crippen LogP contribution is -2.04. The molecule has 1 aliphatic rings. The number of hydrogen-bond acceptors (Lipinski definition) is 2. The molecule has 1 aromatic heterocycles. The first-order valence-electron chi connectivity index (χ1n) is 5.75. The van der Waals surface area contributed by atoms with Crippen LogP contribution in [0.2, 0.25) is 0 Å². The quantitative estimate of drug-likeness (QED) is 0.804. The van der Waals surface area contributed by atoms with E-state index in [1.807, 2.05) is 11.7 Å². The van der Waals surface area contributed by atoms with Gasteiger partial charge >= 0.3 is 0 Å². The molecule has 0 aliphatic heterocycles. The molecule has 1 aliphatic carbocycles. The van der Waals surface area contributed by atoms with Crippen molar-refractivity contribution in [3.8, 4) is 0 Å². The third-order valence-electron chi connectivity index (χ3n) is 3.67. The van der Waals surface area contributed by atoms with E-state index in [0.29, 0.717) is 5.92 Å². The number of aryl methyl sites for hydroxylation is 2. The topological polar surface area (TPSA) is 38.0 Å². The first-order valence-corrected chi connectivity index (χ1v) is 5.75. The molecular formula is C12H20N2O. The summed E-state index contributed by atoms with van der Waals surface area (Å²) in [5, 5.41) is 13.9. The average Bonchev–Trinajstić information content (AvgIpc) is 2.67. The molecule has 84 valence electrons. The Balaban J connectivity index is 2.10. The highest BCUT2D eigenvalue weighted by molar-refractivity contribution is 5.25. The van der Waals surface area contributed by atoms with Crippen molar-refractivity contribution in [2.75, 3.05) is 0 Å². The van der Waals surface area contributed by atoms with Gasteiger partial charge in [0.15, 0.2) is 0 Å². The molecule has 1 heterocycles. The lowest BCUT2D eigenvalue weighted by Gasteiger charge is -2.09. The Kier molecular flexibility index (Phi) is 2.83. The normalized spacial score (nSPS) is 26.1. The molecular weight excluding hydrogens is 188 g/mol. The fraction of sp³-hybridized carbons (Fsp3) is 0.750. The molecule has 3 heteroatoms. The lowest BCUT2D eigenvalue weighted by atomic mass is 9.97. The second-order valence-corrected chi connectivity index (χ2v) is 4.81. The van der Waals surface area contributed by atoms with Crippen LogP contribution in [0, 0.1) is 19.8 Å². The maximum atomic E-state index is 9.50. The smallest absolute Gasteiger partial charge is 0.0628 e. The molecule has 0 amide bonds. The highest BCUT2D eigenvalue weighted by atomic mass is 16.3. The van der Waals surface area contributed by atoms with E-state index in [2.05, 4.69) is 18.9 Å². The second kappa shape index (κ2) is 3.97. The Hall–Kier alpha value is -0.830. The van der Waals surface area contributed by atoms with Gasteiger partial charge in [0.05, 0.1) is 11.8 Å². The molecule has 1 saturated carbocycles. The van der Waals surface area contributed by atoms with Crippen LogP contribution in [0.3, 0.4) is 0 Å². The van der Waals surface area contributed by atoms with Crippen LogP contribution >= 0.6 is 0 Å². The van der Waals surface area contributed by atoms with Crippen LogP contribution in [0.5, 0.6) is 0 Å². The Morgan fingerprint density at radius 2 is 2.13 bits per heavy atom. The van der Waals surface area contributed by atoms with Crippen molar-refractivity contribution in [3.05, 3.63) is 17.0 Å². The van der Waals surface area contributed by atoms with Crippen LogP contribution in [-0.2, 0) is 13.5 Å². The molecule has 0 radical (unpaired) electrons. The Bertz CT molecular complexity index is 357. The van der Waals surface area contributed by atoms with Gasteiger partial charge in [0.25, 0.3) is 0 Å². The molecule has 0 unspecified atom stereocenters. The molecule has 1 N–H and O–H groups in total. The van der Waals surface area contributed by atoms with Gasteiger partial charge < -0.3 is 5.11 Å². The summed E-state index contributed by atoms with van der Waals surface area (Å²) in [7, 11) is 2.00. The lowest BCUT2D eigenvalue weighted by molar-refractivity contribution is 0.177. The van der Waals surface area contributed by atoms with Gasteiger partial charge in [0.1, 0.15) is 0 Å². The number of hydrogen-bond donors (Lipinski definition) is 1. The standard InChI is InChI=1S/C12H20N2O/c1-8-12(9(2)14(3)13-8)7-10-4-5-11(15)6-10/h10-11,15H,4-7H2,1-3H3/t10-,11-/m1/s1. The zero-order chi connectivity index (χ0) is 11.0. The van der Waals surface area contributed by atoms with Gasteiger partial charge in [0.2, 0.25) is 0 Å². The van der Waals surface area contributed by atoms with Crippen LogP contribution in [-0.4, -0.2) is 21.0 Å². The first kappa shape index (κ1) is 10.7. The van der Waals surface area contributed by atoms with Crippen molar-refractivity contribution in [3.63, 3.8) is 0 Å². The summed E-state index contributed by atoms with van der Waals surface area (Å²) in [6.45, 7) is 4.20. The molecule has 2 rings (SSSR count). The molecule has 0 aromatic carbocycles. The van der Waals surface area contributed by atoms with Gasteiger partial charge in [-0.2, -0.15) is 5.10 Å². The zero-order valence-electron chi connectivity index (χ0n) is 9.82. The van der Waals surface area contributed by atoms with Gasteiger partial charge in [-0.3, -0.25) is 4.68 Å². The van der Waals surface area contributed by atoms with E-state index in [1.54, 1.807) is 0 Å². The molecule has 0 saturated heterocycles. The van der Waals surface area contributed by atoms with Crippen LogP contribution in [0.25, 0.3) is 0 Å². The number of rotatable bonds is 2. The molecule has 15 heavy (non-hydrogen) atoms. The predicted molar refractivity (Wildman–Crippen MR) is 59.7 cm³/mol. The highest BCUT2D eigenvalue weighted by Gasteiger charge is 2.24. The van der Waals surface area contributed by atoms with Crippen molar-refractivity contribution >= 4 is 0 Å². The predicted octanol–water partition coefficient (Wildman–Crippen LogP) is 1.74. The maximum Gasteiger partial charge on any atom is 0.0628 e. The average molecular weight is 208 g/mol. The van der Waals surface area contributed by atoms with Crippen molar-refractivity contribution in [2.45, 2.75) is 45.6 Å². The minimum atomic E-state index is -0.0627. The number of aliphatic hydroxyl groups is 1. The molecule has 1 fully saturated rings. The van der Waals surface area contributed by atoms with E-state index in [-0.39, 0.29) is 6.10 Å². The van der Waals surface area contributed by atoms with E-state index in [0.717, 1.165) is 31.4 Å². The maximum absolute atomic E-state index is 9.50. The number of aliphatic hydroxyl groups excluding tert-OH is 1. The fourth-order valence-electron chi connectivity index (χ4n) is 2.64. The van der Waals surface area contributed by atoms with E-state index >= 15 is 0 Å². The molecule has 2 atom stereocenters. The molecule has 0 spiro atoms. The van der Waals surface area contributed by atoms with Crippen molar-refractivity contribution < 1.29 is 5.11 Å². The van der Waals surface area contributed by atoms with Gasteiger partial charge in [-0.25, -0.2) is 0 Å². The summed E-state index contributed by atoms with van der Waals surface area (Å²) in [4.78, 5) is 0. The van der Waals surface area contributed by atoms with E-state index in [9.17, 15) is 5.11 Å². The number of nitrogens with zero attached hydrogens (tertiary/aromatic N) is 2. The Morgan fingerprint density at radius 1 is 1.40 bits per heavy atom. The van der Waals surface area contributed by atoms with E-state index < -0.39 is 0 Å². The van der Waals surface area contributed by atoms with Gasteiger partial charge in [-0.05, 0) is 51.0 Å². The number of aromatic nitrogens is 2. The SMILES string of the molecule is Cc1nn(C)c(C)c1C[C@@H]1CC[C@@H](O)C1. The third kappa shape index (κ3) is 2.07. The Morgan fingerprint density at radius 3 is 2.60 bits per heavy atom. The van der Waals surface area contributed by atoms with E-state index in [4.69, 9.17) is 0 Å². The second-order valence-electron chi connectivity index (χ2n) is 4.81. The third-order valence-corrected chi connectivity index (χ3v) is 3.67. The van der Waals surface area contributed by atoms with Crippen LogP contribution < -0.4 is 0 Å².